The molecule has 0 aliphatic carbocycles. The molecule has 3 N–H and O–H groups in total. The number of anilines is 1. The number of nitrogens with one attached hydrogen (secondary N) is 1. The Hall–Kier alpha value is -3.38. The fourth-order valence-corrected chi connectivity index (χ4v) is 5.61. The van der Waals surface area contributed by atoms with Gasteiger partial charge in [-0.05, 0) is 25.0 Å². The van der Waals surface area contributed by atoms with Gasteiger partial charge < -0.3 is 24.5 Å². The van der Waals surface area contributed by atoms with E-state index in [0.29, 0.717) is 17.7 Å². The zero-order chi connectivity index (χ0) is 27.8. The normalized spacial score (nSPS) is 19.4. The van der Waals surface area contributed by atoms with Crippen LogP contribution in [0.2, 0.25) is 0 Å². The van der Waals surface area contributed by atoms with Gasteiger partial charge in [0.05, 0.1) is 12.9 Å². The molecule has 3 heterocycles. The number of nitrogens with zero attached hydrogens (tertiary/aromatic N) is 4. The van der Waals surface area contributed by atoms with Crippen molar-refractivity contribution in [3.8, 4) is 5.75 Å². The first kappa shape index (κ1) is 28.6. The summed E-state index contributed by atoms with van der Waals surface area (Å²) in [6.45, 7) is 4.08. The zero-order valence-electron chi connectivity index (χ0n) is 21.7. The molecule has 2 unspecified atom stereocenters. The van der Waals surface area contributed by atoms with Crippen LogP contribution in [-0.2, 0) is 23.6 Å². The standard InChI is InChI=1S/C25H32FN6O6P/c1-3-5-9-12-35-25(33)19(4-2)31-39(34,38-17-10-7-6-8-11-17)16-36-20-13-18(26)24(37-20)32-15-30-21-22(27)28-14-29-23(21)32/h6-8,10-11,13-15,19-20,24H,3-5,9,12,16H2,1-2H3,(H,31,34)(H2,27,28,29)/t19?,20-,24+,39?/m0/s1. The molecule has 0 fully saturated rings. The lowest BCUT2D eigenvalue weighted by Gasteiger charge is -2.25. The molecule has 1 aliphatic rings. The van der Waals surface area contributed by atoms with Crippen LogP contribution in [0, 0.1) is 0 Å². The predicted octanol–water partition coefficient (Wildman–Crippen LogP) is 4.46. The number of aromatic nitrogens is 4. The molecular weight excluding hydrogens is 530 g/mol. The Balaban J connectivity index is 1.45. The lowest BCUT2D eigenvalue weighted by atomic mass is 10.2. The molecule has 39 heavy (non-hydrogen) atoms. The fraction of sp³-hybridized carbons (Fsp3) is 0.440. The van der Waals surface area contributed by atoms with Gasteiger partial charge in [0.25, 0.3) is 0 Å². The molecule has 2 aromatic heterocycles. The van der Waals surface area contributed by atoms with Crippen molar-refractivity contribution in [3.63, 3.8) is 0 Å². The second-order valence-electron chi connectivity index (χ2n) is 8.83. The van der Waals surface area contributed by atoms with Crippen LogP contribution in [0.5, 0.6) is 5.75 Å². The van der Waals surface area contributed by atoms with Gasteiger partial charge in [-0.3, -0.25) is 13.9 Å². The topological polar surface area (TPSA) is 153 Å². The average Bonchev–Trinajstić information content (AvgIpc) is 3.53. The van der Waals surface area contributed by atoms with Crippen LogP contribution in [0.15, 0.2) is 54.9 Å². The van der Waals surface area contributed by atoms with Gasteiger partial charge in [0.1, 0.15) is 23.6 Å². The third-order valence-electron chi connectivity index (χ3n) is 5.88. The number of benzene rings is 1. The van der Waals surface area contributed by atoms with E-state index >= 15 is 0 Å². The van der Waals surface area contributed by atoms with Crippen molar-refractivity contribution in [2.45, 2.75) is 58.1 Å². The summed E-state index contributed by atoms with van der Waals surface area (Å²) < 4.78 is 52.7. The van der Waals surface area contributed by atoms with E-state index in [-0.39, 0.29) is 18.1 Å². The molecule has 0 saturated carbocycles. The van der Waals surface area contributed by atoms with Crippen molar-refractivity contribution >= 4 is 30.5 Å². The first-order chi connectivity index (χ1) is 18.8. The van der Waals surface area contributed by atoms with E-state index in [9.17, 15) is 13.8 Å². The number of fused-ring (bicyclic) bond motifs is 1. The minimum atomic E-state index is -3.87. The van der Waals surface area contributed by atoms with Crippen LogP contribution in [0.3, 0.4) is 0 Å². The molecule has 12 nitrogen and oxygen atoms in total. The Morgan fingerprint density at radius 1 is 1.23 bits per heavy atom. The Labute approximate surface area is 225 Å². The SMILES string of the molecule is CCCCCOC(=O)C(CC)NP(=O)(CO[C@@H]1C=C(F)[C@H](n2cnc3c(N)ncnc32)O1)Oc1ccccc1. The van der Waals surface area contributed by atoms with Crippen molar-refractivity contribution in [1.82, 2.24) is 24.6 Å². The van der Waals surface area contributed by atoms with Gasteiger partial charge >= 0.3 is 13.5 Å². The van der Waals surface area contributed by atoms with Crippen molar-refractivity contribution in [2.24, 2.45) is 0 Å². The lowest BCUT2D eigenvalue weighted by Crippen LogP contribution is -2.38. The summed E-state index contributed by atoms with van der Waals surface area (Å²) in [7, 11) is -3.87. The quantitative estimate of drug-likeness (QED) is 0.163. The molecule has 14 heteroatoms. The van der Waals surface area contributed by atoms with Crippen LogP contribution < -0.4 is 15.3 Å². The van der Waals surface area contributed by atoms with Gasteiger partial charge in [0.2, 0.25) is 0 Å². The highest BCUT2D eigenvalue weighted by Crippen LogP contribution is 2.45. The van der Waals surface area contributed by atoms with E-state index in [2.05, 4.69) is 27.0 Å². The molecule has 1 aliphatic heterocycles. The maximum absolute atomic E-state index is 14.9. The highest BCUT2D eigenvalue weighted by atomic mass is 31.2. The van der Waals surface area contributed by atoms with E-state index in [0.717, 1.165) is 25.3 Å². The second kappa shape index (κ2) is 13.1. The summed E-state index contributed by atoms with van der Waals surface area (Å²) in [5, 5.41) is 2.79. The van der Waals surface area contributed by atoms with Gasteiger partial charge in [-0.25, -0.2) is 24.4 Å². The molecule has 4 atom stereocenters. The van der Waals surface area contributed by atoms with Crippen LogP contribution >= 0.6 is 7.52 Å². The predicted molar refractivity (Wildman–Crippen MR) is 141 cm³/mol. The number of rotatable bonds is 14. The molecule has 0 spiro atoms. The minimum absolute atomic E-state index is 0.147. The Morgan fingerprint density at radius 3 is 2.77 bits per heavy atom. The smallest absolute Gasteiger partial charge is 0.342 e. The Kier molecular flexibility index (Phi) is 9.63. The summed E-state index contributed by atoms with van der Waals surface area (Å²) in [4.78, 5) is 24.8. The molecule has 1 aromatic carbocycles. The van der Waals surface area contributed by atoms with E-state index in [1.54, 1.807) is 37.3 Å². The number of hydrogen-bond acceptors (Lipinski definition) is 10. The molecular formula is C25H32FN6O6P. The van der Waals surface area contributed by atoms with E-state index in [4.69, 9.17) is 24.5 Å². The number of carbonyl (C=O) groups is 1. The molecule has 0 amide bonds. The number of para-hydroxylation sites is 1. The largest absolute Gasteiger partial charge is 0.465 e. The van der Waals surface area contributed by atoms with Crippen LogP contribution in [-0.4, -0.2) is 50.8 Å². The third-order valence-corrected chi connectivity index (χ3v) is 7.58. The highest BCUT2D eigenvalue weighted by Gasteiger charge is 2.36. The van der Waals surface area contributed by atoms with Crippen LogP contribution in [0.25, 0.3) is 11.2 Å². The Bertz CT molecular complexity index is 1340. The molecule has 0 saturated heterocycles. The average molecular weight is 563 g/mol. The second-order valence-corrected chi connectivity index (χ2v) is 10.9. The molecule has 4 rings (SSSR count). The Morgan fingerprint density at radius 2 is 2.03 bits per heavy atom. The number of hydrogen-bond donors (Lipinski definition) is 2. The first-order valence-electron chi connectivity index (χ1n) is 12.7. The van der Waals surface area contributed by atoms with Crippen molar-refractivity contribution < 1.29 is 32.5 Å². The number of esters is 1. The molecule has 210 valence electrons. The summed E-state index contributed by atoms with van der Waals surface area (Å²) in [5.41, 5.74) is 6.39. The maximum Gasteiger partial charge on any atom is 0.342 e. The van der Waals surface area contributed by atoms with Crippen LogP contribution in [0.1, 0.15) is 45.8 Å². The van der Waals surface area contributed by atoms with Crippen molar-refractivity contribution in [1.29, 1.82) is 0 Å². The zero-order valence-corrected chi connectivity index (χ0v) is 22.6. The summed E-state index contributed by atoms with van der Waals surface area (Å²) in [6.07, 6.45) is 3.68. The number of ether oxygens (including phenoxy) is 3. The van der Waals surface area contributed by atoms with E-state index in [1.807, 2.05) is 0 Å². The summed E-state index contributed by atoms with van der Waals surface area (Å²) >= 11 is 0. The molecule has 3 aromatic rings. The highest BCUT2D eigenvalue weighted by molar-refractivity contribution is 7.57. The number of nitrogen functional groups attached to an aromatic ring is 1. The summed E-state index contributed by atoms with van der Waals surface area (Å²) in [5.74, 6) is -0.752. The maximum atomic E-state index is 14.9. The third kappa shape index (κ3) is 7.18. The molecule has 0 radical (unpaired) electrons. The number of nitrogens with two attached hydrogens (primary N) is 1. The lowest BCUT2D eigenvalue weighted by molar-refractivity contribution is -0.146. The van der Waals surface area contributed by atoms with E-state index in [1.165, 1.54) is 17.2 Å². The van der Waals surface area contributed by atoms with Gasteiger partial charge in [0, 0.05) is 6.08 Å². The van der Waals surface area contributed by atoms with Crippen LogP contribution in [0.4, 0.5) is 10.2 Å². The van der Waals surface area contributed by atoms with Gasteiger partial charge in [-0.2, -0.15) is 0 Å². The number of carbonyl (C=O) groups excluding carboxylic acids is 1. The first-order valence-corrected chi connectivity index (χ1v) is 14.5. The van der Waals surface area contributed by atoms with Gasteiger partial charge in [-0.1, -0.05) is 44.9 Å². The monoisotopic (exact) mass is 562 g/mol. The van der Waals surface area contributed by atoms with Crippen molar-refractivity contribution in [2.75, 3.05) is 18.7 Å². The van der Waals surface area contributed by atoms with Crippen molar-refractivity contribution in [3.05, 3.63) is 54.9 Å². The summed E-state index contributed by atoms with van der Waals surface area (Å²) in [6, 6.07) is 7.55. The van der Waals surface area contributed by atoms with Gasteiger partial charge in [-0.15, -0.1) is 0 Å². The number of unbranched alkanes of at least 4 members (excludes halogenated alkanes) is 2. The fourth-order valence-electron chi connectivity index (χ4n) is 3.86. The van der Waals surface area contributed by atoms with Gasteiger partial charge in [0.15, 0.2) is 36.2 Å². The van der Waals surface area contributed by atoms with E-state index < -0.39 is 44.2 Å². The molecule has 0 bridgehead atoms. The number of halogens is 1. The minimum Gasteiger partial charge on any atom is -0.465 e. The number of imidazole rings is 1.